The van der Waals surface area contributed by atoms with Crippen molar-refractivity contribution in [3.8, 4) is 0 Å². The second-order valence-electron chi connectivity index (χ2n) is 4.71. The standard InChI is InChI=1S/C18H17ClO2S/c1-3-13-18(17(20)21-2,14-9-5-4-6-10-14)22-16-12-8-7-11-15(16)19/h3-12H,1,13H2,2H3. The lowest BCUT2D eigenvalue weighted by molar-refractivity contribution is -0.143. The number of allylic oxidation sites excluding steroid dienone is 1. The van der Waals surface area contributed by atoms with Gasteiger partial charge < -0.3 is 4.74 Å². The summed E-state index contributed by atoms with van der Waals surface area (Å²) in [4.78, 5) is 13.4. The third-order valence-corrected chi connectivity index (χ3v) is 5.24. The lowest BCUT2D eigenvalue weighted by Gasteiger charge is -2.30. The smallest absolute Gasteiger partial charge is 0.327 e. The van der Waals surface area contributed by atoms with E-state index in [-0.39, 0.29) is 5.97 Å². The number of esters is 1. The van der Waals surface area contributed by atoms with E-state index in [1.165, 1.54) is 18.9 Å². The summed E-state index contributed by atoms with van der Waals surface area (Å²) in [5.74, 6) is -0.316. The molecule has 114 valence electrons. The molecule has 2 aromatic rings. The molecule has 0 heterocycles. The van der Waals surface area contributed by atoms with Crippen LogP contribution in [0.4, 0.5) is 0 Å². The zero-order chi connectivity index (χ0) is 16.0. The first-order valence-corrected chi connectivity index (χ1v) is 8.02. The van der Waals surface area contributed by atoms with Crippen molar-refractivity contribution >= 4 is 29.3 Å². The van der Waals surface area contributed by atoms with Gasteiger partial charge in [0.1, 0.15) is 4.75 Å². The van der Waals surface area contributed by atoms with Crippen molar-refractivity contribution in [1.29, 1.82) is 0 Å². The molecule has 2 rings (SSSR count). The van der Waals surface area contributed by atoms with Crippen LogP contribution in [0.3, 0.4) is 0 Å². The molecule has 4 heteroatoms. The number of ether oxygens (including phenoxy) is 1. The first kappa shape index (κ1) is 16.7. The lowest BCUT2D eigenvalue weighted by Crippen LogP contribution is -2.33. The number of thioether (sulfide) groups is 1. The van der Waals surface area contributed by atoms with E-state index in [0.29, 0.717) is 11.4 Å². The molecule has 1 atom stereocenters. The first-order valence-electron chi connectivity index (χ1n) is 6.82. The van der Waals surface area contributed by atoms with E-state index < -0.39 is 4.75 Å². The van der Waals surface area contributed by atoms with Crippen LogP contribution in [-0.2, 0) is 14.3 Å². The summed E-state index contributed by atoms with van der Waals surface area (Å²) in [6.45, 7) is 3.80. The Bertz CT molecular complexity index is 657. The van der Waals surface area contributed by atoms with Gasteiger partial charge in [0.25, 0.3) is 0 Å². The molecule has 0 N–H and O–H groups in total. The predicted octanol–water partition coefficient (Wildman–Crippen LogP) is 5.08. The van der Waals surface area contributed by atoms with E-state index in [2.05, 4.69) is 6.58 Å². The second-order valence-corrected chi connectivity index (χ2v) is 6.46. The number of hydrogen-bond donors (Lipinski definition) is 0. The fourth-order valence-electron chi connectivity index (χ4n) is 2.25. The molecule has 0 saturated carbocycles. The molecular weight excluding hydrogens is 316 g/mol. The van der Waals surface area contributed by atoms with Crippen LogP contribution in [0.15, 0.2) is 72.1 Å². The third kappa shape index (κ3) is 3.37. The Labute approximate surface area is 140 Å². The molecule has 0 radical (unpaired) electrons. The molecule has 0 amide bonds. The molecule has 0 aromatic heterocycles. The van der Waals surface area contributed by atoms with E-state index >= 15 is 0 Å². The molecule has 0 fully saturated rings. The first-order chi connectivity index (χ1) is 10.6. The molecule has 0 spiro atoms. The second kappa shape index (κ2) is 7.52. The fraction of sp³-hybridized carbons (Fsp3) is 0.167. The summed E-state index contributed by atoms with van der Waals surface area (Å²) in [6, 6.07) is 17.0. The highest BCUT2D eigenvalue weighted by molar-refractivity contribution is 8.01. The van der Waals surface area contributed by atoms with Gasteiger partial charge in [-0.1, -0.05) is 60.1 Å². The third-order valence-electron chi connectivity index (χ3n) is 3.31. The SMILES string of the molecule is C=CCC(Sc1ccccc1Cl)(C(=O)OC)c1ccccc1. The molecule has 22 heavy (non-hydrogen) atoms. The van der Waals surface area contributed by atoms with E-state index in [0.717, 1.165) is 10.5 Å². The van der Waals surface area contributed by atoms with Crippen molar-refractivity contribution in [3.63, 3.8) is 0 Å². The lowest BCUT2D eigenvalue weighted by atomic mass is 9.94. The Morgan fingerprint density at radius 1 is 1.23 bits per heavy atom. The van der Waals surface area contributed by atoms with Crippen LogP contribution in [0.25, 0.3) is 0 Å². The number of carbonyl (C=O) groups is 1. The Morgan fingerprint density at radius 2 is 1.86 bits per heavy atom. The van der Waals surface area contributed by atoms with E-state index in [4.69, 9.17) is 16.3 Å². The summed E-state index contributed by atoms with van der Waals surface area (Å²) in [6.07, 6.45) is 2.17. The molecule has 0 bridgehead atoms. The van der Waals surface area contributed by atoms with Crippen molar-refractivity contribution in [3.05, 3.63) is 77.8 Å². The quantitative estimate of drug-likeness (QED) is 0.419. The maximum Gasteiger partial charge on any atom is 0.327 e. The summed E-state index contributed by atoms with van der Waals surface area (Å²) in [5.41, 5.74) is 0.867. The van der Waals surface area contributed by atoms with Crippen molar-refractivity contribution in [2.75, 3.05) is 7.11 Å². The maximum absolute atomic E-state index is 12.6. The molecule has 2 nitrogen and oxygen atoms in total. The summed E-state index contributed by atoms with van der Waals surface area (Å²) in [7, 11) is 1.40. The Hall–Kier alpha value is -1.71. The number of hydrogen-bond acceptors (Lipinski definition) is 3. The minimum atomic E-state index is -0.900. The van der Waals surface area contributed by atoms with Crippen LogP contribution < -0.4 is 0 Å². The summed E-state index contributed by atoms with van der Waals surface area (Å²) in [5, 5.41) is 0.612. The molecule has 0 aliphatic heterocycles. The van der Waals surface area contributed by atoms with Gasteiger partial charge in [-0.2, -0.15) is 0 Å². The summed E-state index contributed by atoms with van der Waals surface area (Å²) >= 11 is 7.66. The van der Waals surface area contributed by atoms with Crippen LogP contribution in [-0.4, -0.2) is 13.1 Å². The molecule has 2 aromatic carbocycles. The van der Waals surface area contributed by atoms with Gasteiger partial charge in [0.05, 0.1) is 12.1 Å². The summed E-state index contributed by atoms with van der Waals surface area (Å²) < 4.78 is 4.18. The number of methoxy groups -OCH3 is 1. The van der Waals surface area contributed by atoms with Crippen molar-refractivity contribution in [2.45, 2.75) is 16.1 Å². The van der Waals surface area contributed by atoms with Gasteiger partial charge in [0.2, 0.25) is 0 Å². The number of rotatable bonds is 6. The van der Waals surface area contributed by atoms with Crippen molar-refractivity contribution in [2.24, 2.45) is 0 Å². The molecule has 0 aliphatic rings. The number of carbonyl (C=O) groups excluding carboxylic acids is 1. The van der Waals surface area contributed by atoms with Crippen LogP contribution >= 0.6 is 23.4 Å². The molecular formula is C18H17ClO2S. The zero-order valence-electron chi connectivity index (χ0n) is 12.3. The van der Waals surface area contributed by atoms with E-state index in [1.54, 1.807) is 6.08 Å². The van der Waals surface area contributed by atoms with Crippen LogP contribution in [0.2, 0.25) is 5.02 Å². The monoisotopic (exact) mass is 332 g/mol. The highest BCUT2D eigenvalue weighted by atomic mass is 35.5. The van der Waals surface area contributed by atoms with Gasteiger partial charge in [-0.05, 0) is 24.1 Å². The van der Waals surface area contributed by atoms with Crippen molar-refractivity contribution in [1.82, 2.24) is 0 Å². The average molecular weight is 333 g/mol. The maximum atomic E-state index is 12.6. The van der Waals surface area contributed by atoms with Gasteiger partial charge in [-0.15, -0.1) is 18.3 Å². The highest BCUT2D eigenvalue weighted by Gasteiger charge is 2.42. The number of halogens is 1. The van der Waals surface area contributed by atoms with Crippen LogP contribution in [0, 0.1) is 0 Å². The normalized spacial score (nSPS) is 13.2. The van der Waals surface area contributed by atoms with Crippen LogP contribution in [0.1, 0.15) is 12.0 Å². The van der Waals surface area contributed by atoms with Gasteiger partial charge in [0.15, 0.2) is 0 Å². The fourth-order valence-corrected chi connectivity index (χ4v) is 3.81. The topological polar surface area (TPSA) is 26.3 Å². The van der Waals surface area contributed by atoms with E-state index in [9.17, 15) is 4.79 Å². The van der Waals surface area contributed by atoms with Crippen molar-refractivity contribution < 1.29 is 9.53 Å². The predicted molar refractivity (Wildman–Crippen MR) is 92.3 cm³/mol. The highest BCUT2D eigenvalue weighted by Crippen LogP contribution is 2.47. The van der Waals surface area contributed by atoms with Crippen LogP contribution in [0.5, 0.6) is 0 Å². The van der Waals surface area contributed by atoms with Gasteiger partial charge in [0, 0.05) is 4.90 Å². The van der Waals surface area contributed by atoms with Gasteiger partial charge >= 0.3 is 5.97 Å². The molecule has 0 aliphatic carbocycles. The zero-order valence-corrected chi connectivity index (χ0v) is 13.9. The molecule has 0 saturated heterocycles. The van der Waals surface area contributed by atoms with Gasteiger partial charge in [-0.25, -0.2) is 0 Å². The minimum Gasteiger partial charge on any atom is -0.468 e. The largest absolute Gasteiger partial charge is 0.468 e. The van der Waals surface area contributed by atoms with Gasteiger partial charge in [-0.3, -0.25) is 4.79 Å². The minimum absolute atomic E-state index is 0.316. The number of benzene rings is 2. The average Bonchev–Trinajstić information content (AvgIpc) is 2.56. The Morgan fingerprint density at radius 3 is 2.45 bits per heavy atom. The Kier molecular flexibility index (Phi) is 5.69. The Balaban J connectivity index is 2.55. The van der Waals surface area contributed by atoms with E-state index in [1.807, 2.05) is 54.6 Å². The molecule has 1 unspecified atom stereocenters.